The molecule has 4 amide bonds. The third-order valence-corrected chi connectivity index (χ3v) is 5.41. The number of pyridine rings is 1. The number of carbonyl (C=O) groups is 3. The third-order valence-electron chi connectivity index (χ3n) is 4.68. The van der Waals surface area contributed by atoms with Gasteiger partial charge < -0.3 is 10.6 Å². The van der Waals surface area contributed by atoms with Crippen LogP contribution >= 0.6 is 11.3 Å². The fraction of sp³-hybridized carbons (Fsp3) is 0.400. The molecule has 2 aromatic rings. The van der Waals surface area contributed by atoms with Crippen LogP contribution in [-0.2, 0) is 16.0 Å². The van der Waals surface area contributed by atoms with E-state index in [4.69, 9.17) is 0 Å². The van der Waals surface area contributed by atoms with Crippen LogP contribution in [0, 0.1) is 6.92 Å². The first kappa shape index (κ1) is 20.0. The van der Waals surface area contributed by atoms with Gasteiger partial charge in [0.15, 0.2) is 0 Å². The monoisotopic (exact) mass is 400 g/mol. The lowest BCUT2D eigenvalue weighted by atomic mass is 10.0. The second-order valence-corrected chi connectivity index (χ2v) is 7.64. The molecular formula is C20H24N4O3S. The Bertz CT molecular complexity index is 853. The number of urea groups is 1. The Morgan fingerprint density at radius 2 is 2.21 bits per heavy atom. The second kappa shape index (κ2) is 8.97. The lowest BCUT2D eigenvalue weighted by Gasteiger charge is -2.20. The van der Waals surface area contributed by atoms with Gasteiger partial charge in [0.25, 0.3) is 5.91 Å². The summed E-state index contributed by atoms with van der Waals surface area (Å²) < 4.78 is 0. The maximum absolute atomic E-state index is 12.7. The number of thiophene rings is 1. The molecule has 1 aliphatic rings. The van der Waals surface area contributed by atoms with Crippen molar-refractivity contribution >= 4 is 29.2 Å². The van der Waals surface area contributed by atoms with E-state index in [0.29, 0.717) is 19.4 Å². The Balaban J connectivity index is 1.70. The van der Waals surface area contributed by atoms with Crippen LogP contribution in [0.4, 0.5) is 4.79 Å². The van der Waals surface area contributed by atoms with Crippen molar-refractivity contribution in [2.45, 2.75) is 45.2 Å². The van der Waals surface area contributed by atoms with Gasteiger partial charge in [-0.05, 0) is 53.8 Å². The van der Waals surface area contributed by atoms with Gasteiger partial charge in [-0.25, -0.2) is 4.79 Å². The van der Waals surface area contributed by atoms with E-state index in [2.05, 4.69) is 15.6 Å². The molecule has 1 aliphatic heterocycles. The molecule has 2 aromatic heterocycles. The van der Waals surface area contributed by atoms with E-state index in [0.717, 1.165) is 16.8 Å². The lowest BCUT2D eigenvalue weighted by Crippen LogP contribution is -2.38. The molecule has 2 N–H and O–H groups in total. The third kappa shape index (κ3) is 4.56. The minimum atomic E-state index is -0.814. The molecule has 3 rings (SSSR count). The molecule has 8 heteroatoms. The molecule has 1 fully saturated rings. The zero-order valence-electron chi connectivity index (χ0n) is 16.0. The Labute approximate surface area is 168 Å². The minimum Gasteiger partial charge on any atom is -0.347 e. The standard InChI is InChI=1S/C20H24N4O3S/c1-3-8-24-19(26)16(23-20(24)27)11-17(25)22-15(10-14-6-9-28-12-14)18-13(2)5-4-7-21-18/h4-7,9,12,15-16H,3,8,10-11H2,1-2H3,(H,22,25)(H,23,27)/t15-,16+/m1/s1. The highest BCUT2D eigenvalue weighted by Gasteiger charge is 2.38. The Kier molecular flexibility index (Phi) is 6.41. The average molecular weight is 401 g/mol. The number of rotatable bonds is 8. The first-order chi connectivity index (χ1) is 13.5. The van der Waals surface area contributed by atoms with Crippen LogP contribution in [-0.4, -0.2) is 40.3 Å². The fourth-order valence-corrected chi connectivity index (χ4v) is 3.99. The maximum Gasteiger partial charge on any atom is 0.324 e. The zero-order valence-corrected chi connectivity index (χ0v) is 16.8. The van der Waals surface area contributed by atoms with E-state index in [-0.39, 0.29) is 24.3 Å². The number of nitrogens with zero attached hydrogens (tertiary/aromatic N) is 2. The van der Waals surface area contributed by atoms with E-state index >= 15 is 0 Å². The van der Waals surface area contributed by atoms with Crippen molar-refractivity contribution in [2.75, 3.05) is 6.54 Å². The number of carbonyl (C=O) groups excluding carboxylic acids is 3. The molecule has 0 saturated carbocycles. The summed E-state index contributed by atoms with van der Waals surface area (Å²) in [5, 5.41) is 9.64. The molecule has 0 unspecified atom stereocenters. The predicted octanol–water partition coefficient (Wildman–Crippen LogP) is 2.57. The predicted molar refractivity (Wildman–Crippen MR) is 107 cm³/mol. The van der Waals surface area contributed by atoms with Gasteiger partial charge in [0, 0.05) is 12.7 Å². The summed E-state index contributed by atoms with van der Waals surface area (Å²) in [5.41, 5.74) is 2.90. The van der Waals surface area contributed by atoms with Gasteiger partial charge in [-0.3, -0.25) is 19.5 Å². The maximum atomic E-state index is 12.7. The van der Waals surface area contributed by atoms with E-state index in [9.17, 15) is 14.4 Å². The molecule has 148 valence electrons. The Morgan fingerprint density at radius 3 is 2.89 bits per heavy atom. The second-order valence-electron chi connectivity index (χ2n) is 6.86. The first-order valence-corrected chi connectivity index (χ1v) is 10.3. The topological polar surface area (TPSA) is 91.4 Å². The summed E-state index contributed by atoms with van der Waals surface area (Å²) in [6, 6.07) is 4.29. The number of aryl methyl sites for hydroxylation is 1. The SMILES string of the molecule is CCCN1C(=O)N[C@@H](CC(=O)N[C@H](Cc2ccsc2)c2ncccc2C)C1=O. The number of hydrogen-bond donors (Lipinski definition) is 2. The molecule has 2 atom stereocenters. The van der Waals surface area contributed by atoms with Crippen molar-refractivity contribution in [1.29, 1.82) is 0 Å². The largest absolute Gasteiger partial charge is 0.347 e. The lowest BCUT2D eigenvalue weighted by molar-refractivity contribution is -0.131. The van der Waals surface area contributed by atoms with Gasteiger partial charge in [-0.2, -0.15) is 11.3 Å². The highest BCUT2D eigenvalue weighted by Crippen LogP contribution is 2.21. The highest BCUT2D eigenvalue weighted by molar-refractivity contribution is 7.07. The van der Waals surface area contributed by atoms with Gasteiger partial charge in [-0.1, -0.05) is 13.0 Å². The van der Waals surface area contributed by atoms with Gasteiger partial charge in [0.2, 0.25) is 5.91 Å². The van der Waals surface area contributed by atoms with Gasteiger partial charge in [0.05, 0.1) is 18.2 Å². The molecular weight excluding hydrogens is 376 g/mol. The van der Waals surface area contributed by atoms with Crippen LogP contribution in [0.15, 0.2) is 35.2 Å². The van der Waals surface area contributed by atoms with Crippen LogP contribution in [0.5, 0.6) is 0 Å². The van der Waals surface area contributed by atoms with Crippen LogP contribution in [0.1, 0.15) is 42.6 Å². The Hall–Kier alpha value is -2.74. The summed E-state index contributed by atoms with van der Waals surface area (Å²) in [7, 11) is 0. The molecule has 3 heterocycles. The number of nitrogens with one attached hydrogen (secondary N) is 2. The fourth-order valence-electron chi connectivity index (χ4n) is 3.31. The van der Waals surface area contributed by atoms with E-state index in [1.54, 1.807) is 17.5 Å². The van der Waals surface area contributed by atoms with Crippen LogP contribution in [0.25, 0.3) is 0 Å². The molecule has 7 nitrogen and oxygen atoms in total. The van der Waals surface area contributed by atoms with Gasteiger partial charge in [0.1, 0.15) is 6.04 Å². The van der Waals surface area contributed by atoms with Crippen molar-refractivity contribution in [3.8, 4) is 0 Å². The van der Waals surface area contributed by atoms with Crippen molar-refractivity contribution in [1.82, 2.24) is 20.5 Å². The number of hydrogen-bond acceptors (Lipinski definition) is 5. The normalized spacial score (nSPS) is 17.5. The van der Waals surface area contributed by atoms with E-state index in [1.807, 2.05) is 42.8 Å². The molecule has 1 saturated heterocycles. The molecule has 0 aliphatic carbocycles. The molecule has 28 heavy (non-hydrogen) atoms. The number of aromatic nitrogens is 1. The zero-order chi connectivity index (χ0) is 20.1. The Morgan fingerprint density at radius 1 is 1.39 bits per heavy atom. The van der Waals surface area contributed by atoms with Gasteiger partial charge in [-0.15, -0.1) is 0 Å². The summed E-state index contributed by atoms with van der Waals surface area (Å²) in [6.07, 6.45) is 2.91. The van der Waals surface area contributed by atoms with E-state index in [1.165, 1.54) is 4.90 Å². The summed E-state index contributed by atoms with van der Waals surface area (Å²) in [4.78, 5) is 42.6. The van der Waals surface area contributed by atoms with Crippen LogP contribution in [0.2, 0.25) is 0 Å². The molecule has 0 spiro atoms. The van der Waals surface area contributed by atoms with Crippen LogP contribution in [0.3, 0.4) is 0 Å². The summed E-state index contributed by atoms with van der Waals surface area (Å²) in [5.74, 6) is -0.632. The molecule has 0 radical (unpaired) electrons. The van der Waals surface area contributed by atoms with Crippen molar-refractivity contribution in [2.24, 2.45) is 0 Å². The molecule has 0 bridgehead atoms. The highest BCUT2D eigenvalue weighted by atomic mass is 32.1. The van der Waals surface area contributed by atoms with Gasteiger partial charge >= 0.3 is 6.03 Å². The first-order valence-electron chi connectivity index (χ1n) is 9.33. The summed E-state index contributed by atoms with van der Waals surface area (Å²) in [6.45, 7) is 4.21. The van der Waals surface area contributed by atoms with Crippen molar-refractivity contribution in [3.05, 3.63) is 52.0 Å². The smallest absolute Gasteiger partial charge is 0.324 e. The van der Waals surface area contributed by atoms with Crippen molar-refractivity contribution < 1.29 is 14.4 Å². The quantitative estimate of drug-likeness (QED) is 0.666. The average Bonchev–Trinajstić information content (AvgIpc) is 3.26. The number of amides is 4. The van der Waals surface area contributed by atoms with Crippen molar-refractivity contribution in [3.63, 3.8) is 0 Å². The van der Waals surface area contributed by atoms with Crippen LogP contribution < -0.4 is 10.6 Å². The number of imide groups is 1. The molecule has 0 aromatic carbocycles. The van der Waals surface area contributed by atoms with E-state index < -0.39 is 12.1 Å². The summed E-state index contributed by atoms with van der Waals surface area (Å²) >= 11 is 1.60. The minimum absolute atomic E-state index is 0.0865.